The Bertz CT molecular complexity index is 184. The summed E-state index contributed by atoms with van der Waals surface area (Å²) in [5, 5.41) is 6.91. The Labute approximate surface area is 97.2 Å². The Kier molecular flexibility index (Phi) is 5.02. The minimum atomic E-state index is 0.646. The van der Waals surface area contributed by atoms with Crippen LogP contribution in [0.1, 0.15) is 34.6 Å². The summed E-state index contributed by atoms with van der Waals surface area (Å²) in [7, 11) is 2.62. The minimum absolute atomic E-state index is 0.646. The predicted molar refractivity (Wildman–Crippen MR) is 70.8 cm³/mol. The quantitative estimate of drug-likeness (QED) is 0.727. The van der Waals surface area contributed by atoms with Crippen LogP contribution in [0.4, 0.5) is 0 Å². The Morgan fingerprint density at radius 2 is 1.60 bits per heavy atom. The van der Waals surface area contributed by atoms with Gasteiger partial charge in [0, 0.05) is 18.6 Å². The molecule has 3 heteroatoms. The lowest BCUT2D eigenvalue weighted by molar-refractivity contribution is 0.0716. The molecule has 0 bridgehead atoms. The third-order valence-electron chi connectivity index (χ3n) is 4.41. The second kappa shape index (κ2) is 5.61. The average Bonchev–Trinajstić information content (AvgIpc) is 2.16. The summed E-state index contributed by atoms with van der Waals surface area (Å²) in [4.78, 5) is 0. The van der Waals surface area contributed by atoms with E-state index in [1.165, 1.54) is 0 Å². The van der Waals surface area contributed by atoms with E-state index in [1.807, 2.05) is 0 Å². The molecule has 0 saturated carbocycles. The Morgan fingerprint density at radius 1 is 1.13 bits per heavy atom. The van der Waals surface area contributed by atoms with Gasteiger partial charge in [0.05, 0.1) is 0 Å². The molecule has 6 unspecified atom stereocenters. The lowest BCUT2D eigenvalue weighted by atomic mass is 9.67. The van der Waals surface area contributed by atoms with Gasteiger partial charge in [-0.3, -0.25) is 0 Å². The first kappa shape index (κ1) is 13.4. The molecule has 0 aromatic heterocycles. The molecule has 0 amide bonds. The van der Waals surface area contributed by atoms with Gasteiger partial charge >= 0.3 is 0 Å². The van der Waals surface area contributed by atoms with Crippen molar-refractivity contribution in [1.82, 2.24) is 10.4 Å². The average molecular weight is 230 g/mol. The van der Waals surface area contributed by atoms with Crippen LogP contribution < -0.4 is 10.4 Å². The van der Waals surface area contributed by atoms with E-state index in [-0.39, 0.29) is 0 Å². The first-order valence-electron chi connectivity index (χ1n) is 6.18. The fraction of sp³-hybridized carbons (Fsp3) is 1.00. The highest BCUT2D eigenvalue weighted by molar-refractivity contribution is 7.13. The summed E-state index contributed by atoms with van der Waals surface area (Å²) in [6.07, 6.45) is 0. The molecular weight excluding hydrogens is 203 g/mol. The molecule has 0 aromatic carbocycles. The van der Waals surface area contributed by atoms with Crippen LogP contribution in [0.15, 0.2) is 0 Å². The summed E-state index contributed by atoms with van der Waals surface area (Å²) < 4.78 is 0. The summed E-state index contributed by atoms with van der Waals surface area (Å²) in [5.41, 5.74) is 0. The van der Waals surface area contributed by atoms with Crippen LogP contribution >= 0.6 is 9.39 Å². The van der Waals surface area contributed by atoms with Crippen LogP contribution in [0.2, 0.25) is 0 Å². The lowest BCUT2D eigenvalue weighted by Crippen LogP contribution is -2.55. The van der Waals surface area contributed by atoms with Crippen LogP contribution in [0, 0.1) is 23.7 Å². The van der Waals surface area contributed by atoms with Gasteiger partial charge in [0.15, 0.2) is 0 Å². The van der Waals surface area contributed by atoms with Gasteiger partial charge in [-0.1, -0.05) is 30.2 Å². The predicted octanol–water partition coefficient (Wildman–Crippen LogP) is 2.27. The van der Waals surface area contributed by atoms with Crippen molar-refractivity contribution in [3.63, 3.8) is 0 Å². The van der Waals surface area contributed by atoms with Crippen LogP contribution in [-0.4, -0.2) is 18.6 Å². The maximum Gasteiger partial charge on any atom is 0.00698 e. The van der Waals surface area contributed by atoms with Crippen molar-refractivity contribution in [2.45, 2.75) is 46.7 Å². The Hall–Kier alpha value is 0.350. The van der Waals surface area contributed by atoms with Crippen LogP contribution in [-0.2, 0) is 0 Å². The van der Waals surface area contributed by atoms with E-state index in [9.17, 15) is 0 Å². The van der Waals surface area contributed by atoms with E-state index >= 15 is 0 Å². The van der Waals surface area contributed by atoms with Gasteiger partial charge in [0.25, 0.3) is 0 Å². The van der Waals surface area contributed by atoms with Gasteiger partial charge in [0.2, 0.25) is 0 Å². The standard InChI is InChI=1S/C12H27N2P/c1-7(6-13-15)12-8(2)10(4)14-11(5)9(12)3/h7-14H,6,15H2,1-5H3. The van der Waals surface area contributed by atoms with Gasteiger partial charge in [-0.2, -0.15) is 0 Å². The van der Waals surface area contributed by atoms with E-state index < -0.39 is 0 Å². The second-order valence-corrected chi connectivity index (χ2v) is 5.83. The molecule has 1 aliphatic rings. The molecule has 1 heterocycles. The first-order chi connectivity index (χ1) is 6.99. The summed E-state index contributed by atoms with van der Waals surface area (Å²) in [5.74, 6) is 3.11. The van der Waals surface area contributed by atoms with Gasteiger partial charge in [0.1, 0.15) is 0 Å². The van der Waals surface area contributed by atoms with E-state index in [0.717, 1.165) is 30.2 Å². The third kappa shape index (κ3) is 2.93. The summed E-state index contributed by atoms with van der Waals surface area (Å²) in [6, 6.07) is 1.29. The maximum atomic E-state index is 3.68. The summed E-state index contributed by atoms with van der Waals surface area (Å²) in [6.45, 7) is 12.9. The zero-order valence-electron chi connectivity index (χ0n) is 10.7. The molecule has 1 aliphatic heterocycles. The Balaban J connectivity index is 2.72. The third-order valence-corrected chi connectivity index (χ3v) is 4.65. The second-order valence-electron chi connectivity index (χ2n) is 5.43. The number of nitrogens with one attached hydrogen (secondary N) is 2. The van der Waals surface area contributed by atoms with Crippen LogP contribution in [0.25, 0.3) is 0 Å². The van der Waals surface area contributed by atoms with Gasteiger partial charge in [-0.05, 0) is 37.5 Å². The fourth-order valence-corrected chi connectivity index (χ4v) is 3.59. The maximum absolute atomic E-state index is 3.68. The Morgan fingerprint density at radius 3 is 2.00 bits per heavy atom. The molecule has 2 N–H and O–H groups in total. The zero-order chi connectivity index (χ0) is 11.6. The summed E-state index contributed by atoms with van der Waals surface area (Å²) >= 11 is 0. The van der Waals surface area contributed by atoms with Gasteiger partial charge in [-0.15, -0.1) is 0 Å². The first-order valence-corrected chi connectivity index (χ1v) is 6.76. The van der Waals surface area contributed by atoms with Crippen molar-refractivity contribution in [2.24, 2.45) is 23.7 Å². The van der Waals surface area contributed by atoms with E-state index in [0.29, 0.717) is 12.1 Å². The molecule has 1 saturated heterocycles. The number of hydrogen-bond donors (Lipinski definition) is 2. The monoisotopic (exact) mass is 230 g/mol. The molecular formula is C12H27N2P. The molecule has 0 aromatic rings. The molecule has 6 atom stereocenters. The molecule has 15 heavy (non-hydrogen) atoms. The molecule has 90 valence electrons. The van der Waals surface area contributed by atoms with E-state index in [1.54, 1.807) is 0 Å². The van der Waals surface area contributed by atoms with Crippen molar-refractivity contribution in [1.29, 1.82) is 0 Å². The van der Waals surface area contributed by atoms with Crippen LogP contribution in [0.5, 0.6) is 0 Å². The van der Waals surface area contributed by atoms with Crippen molar-refractivity contribution in [2.75, 3.05) is 6.54 Å². The number of hydrogen-bond acceptors (Lipinski definition) is 2. The van der Waals surface area contributed by atoms with Crippen molar-refractivity contribution >= 4 is 9.39 Å². The number of piperidine rings is 1. The molecule has 0 spiro atoms. The smallest absolute Gasteiger partial charge is 0.00698 e. The normalized spacial score (nSPS) is 44.0. The van der Waals surface area contributed by atoms with Crippen molar-refractivity contribution < 1.29 is 0 Å². The highest BCUT2D eigenvalue weighted by Crippen LogP contribution is 2.36. The van der Waals surface area contributed by atoms with E-state index in [4.69, 9.17) is 0 Å². The fourth-order valence-electron chi connectivity index (χ4n) is 3.22. The molecule has 0 radical (unpaired) electrons. The SMILES string of the molecule is CC(CNP)C1C(C)C(C)NC(C)C1C. The molecule has 0 aliphatic carbocycles. The highest BCUT2D eigenvalue weighted by atomic mass is 31.0. The minimum Gasteiger partial charge on any atom is -0.311 e. The molecule has 1 rings (SSSR count). The largest absolute Gasteiger partial charge is 0.311 e. The van der Waals surface area contributed by atoms with Gasteiger partial charge in [-0.25, -0.2) is 0 Å². The lowest BCUT2D eigenvalue weighted by Gasteiger charge is -2.46. The van der Waals surface area contributed by atoms with Crippen molar-refractivity contribution in [3.05, 3.63) is 0 Å². The zero-order valence-corrected chi connectivity index (χ0v) is 11.9. The van der Waals surface area contributed by atoms with E-state index in [2.05, 4.69) is 54.4 Å². The van der Waals surface area contributed by atoms with Crippen molar-refractivity contribution in [3.8, 4) is 0 Å². The number of rotatable bonds is 3. The van der Waals surface area contributed by atoms with Gasteiger partial charge < -0.3 is 10.4 Å². The molecule has 1 fully saturated rings. The highest BCUT2D eigenvalue weighted by Gasteiger charge is 2.38. The molecule has 2 nitrogen and oxygen atoms in total. The topological polar surface area (TPSA) is 24.1 Å². The van der Waals surface area contributed by atoms with Crippen LogP contribution in [0.3, 0.4) is 0 Å².